The molecule has 2 bridgehead atoms. The van der Waals surface area contributed by atoms with Crippen molar-refractivity contribution in [1.82, 2.24) is 24.8 Å². The maximum Gasteiger partial charge on any atom is 0.413 e. The monoisotopic (exact) mass is 973 g/mol. The van der Waals surface area contributed by atoms with Gasteiger partial charge in [0.25, 0.3) is 0 Å². The van der Waals surface area contributed by atoms with Crippen molar-refractivity contribution in [2.45, 2.75) is 179 Å². The number of halogens is 3. The quantitative estimate of drug-likeness (QED) is 0.0286. The highest BCUT2D eigenvalue weighted by Gasteiger charge is 2.50. The summed E-state index contributed by atoms with van der Waals surface area (Å²) in [6.45, 7) is 7.36. The molecule has 2 unspecified atom stereocenters. The van der Waals surface area contributed by atoms with Crippen molar-refractivity contribution in [1.29, 1.82) is 0 Å². The number of rotatable bonds is 24. The molecule has 4 aliphatic rings. The predicted octanol–water partition coefficient (Wildman–Crippen LogP) is 11.9. The van der Waals surface area contributed by atoms with E-state index in [1.807, 2.05) is 4.90 Å². The number of ether oxygens (including phenoxy) is 4. The minimum absolute atomic E-state index is 0.0865. The molecule has 4 saturated heterocycles. The van der Waals surface area contributed by atoms with Crippen LogP contribution in [0.2, 0.25) is 0 Å². The molecule has 4 atom stereocenters. The molecule has 1 amide bonds. The Balaban J connectivity index is 1.04. The van der Waals surface area contributed by atoms with Crippen LogP contribution in [0, 0.1) is 18.6 Å². The number of pyridine rings is 1. The zero-order valence-corrected chi connectivity index (χ0v) is 41.4. The summed E-state index contributed by atoms with van der Waals surface area (Å²) in [6.07, 6.45) is 18.6. The second-order valence-electron chi connectivity index (χ2n) is 20.1. The molecular weight excluding hydrogens is 902 g/mol. The number of benzene rings is 2. The number of carbonyl (C=O) groups is 3. The number of carbonyl (C=O) groups excluding carboxylic acids is 3. The second kappa shape index (κ2) is 23.8. The third-order valence-electron chi connectivity index (χ3n) is 15.0. The number of hydrogen-bond acceptors (Lipinski definition) is 12. The van der Waals surface area contributed by atoms with Crippen molar-refractivity contribution in [3.63, 3.8) is 0 Å². The zero-order valence-electron chi connectivity index (χ0n) is 41.4. The van der Waals surface area contributed by atoms with E-state index in [1.165, 1.54) is 56.9 Å². The smallest absolute Gasteiger partial charge is 0.413 e. The standard InChI is InChI=1S/C54H71F3N6O7/c1-4-6-8-10-12-14-16-19-45(64)68-35-69-53(66)63-39-22-23-40(63)33-61(32-39)51-43-30-58-49(48(57)50(43)59-52(60-51)67-34-54-25-18-26-62(54)31-38(55)29-54)42-28-41(27-37-21-24-44(56)36(3)47(37)42)70-46(65)20-17-15-13-11-9-7-5-2/h21,24,27-28,30,38-40H,4-20,22-23,25-26,29,31-35H2,1-3H3/t38-,39?,40?,54+/m1/s1. The summed E-state index contributed by atoms with van der Waals surface area (Å²) >= 11 is 0. The maximum absolute atomic E-state index is 17.6. The number of unbranched alkanes of at least 4 members (excludes halogenated alkanes) is 12. The molecule has 0 aliphatic carbocycles. The molecule has 4 aromatic rings. The van der Waals surface area contributed by atoms with E-state index in [0.717, 1.165) is 64.3 Å². The van der Waals surface area contributed by atoms with E-state index < -0.39 is 48.2 Å². The third kappa shape index (κ3) is 11.9. The van der Waals surface area contributed by atoms with Gasteiger partial charge in [0.2, 0.25) is 6.79 Å². The van der Waals surface area contributed by atoms with Gasteiger partial charge in [0.05, 0.1) is 23.0 Å². The van der Waals surface area contributed by atoms with Crippen molar-refractivity contribution in [2.75, 3.05) is 44.5 Å². The van der Waals surface area contributed by atoms with Gasteiger partial charge in [-0.3, -0.25) is 24.4 Å². The largest absolute Gasteiger partial charge is 0.461 e. The number of nitrogens with zero attached hydrogens (tertiary/aromatic N) is 6. The van der Waals surface area contributed by atoms with Gasteiger partial charge in [0.15, 0.2) is 5.82 Å². The minimum Gasteiger partial charge on any atom is -0.461 e. The van der Waals surface area contributed by atoms with E-state index in [-0.39, 0.29) is 65.6 Å². The summed E-state index contributed by atoms with van der Waals surface area (Å²) in [7, 11) is 0. The number of anilines is 1. The topological polar surface area (TPSA) is 137 Å². The van der Waals surface area contributed by atoms with Crippen LogP contribution in [-0.2, 0) is 19.1 Å². The number of hydrogen-bond donors (Lipinski definition) is 0. The van der Waals surface area contributed by atoms with Crippen molar-refractivity contribution < 1.29 is 46.5 Å². The van der Waals surface area contributed by atoms with E-state index >= 15 is 8.78 Å². The van der Waals surface area contributed by atoms with Gasteiger partial charge in [-0.2, -0.15) is 9.97 Å². The lowest BCUT2D eigenvalue weighted by molar-refractivity contribution is -0.152. The van der Waals surface area contributed by atoms with Gasteiger partial charge in [-0.1, -0.05) is 97.0 Å². The van der Waals surface area contributed by atoms with E-state index in [1.54, 1.807) is 24.0 Å². The summed E-state index contributed by atoms with van der Waals surface area (Å²) in [4.78, 5) is 59.1. The summed E-state index contributed by atoms with van der Waals surface area (Å²) in [5, 5.41) is 1.25. The normalized spacial score (nSPS) is 20.9. The Morgan fingerprint density at radius 1 is 0.814 bits per heavy atom. The molecule has 0 radical (unpaired) electrons. The van der Waals surface area contributed by atoms with Gasteiger partial charge < -0.3 is 23.8 Å². The lowest BCUT2D eigenvalue weighted by Crippen LogP contribution is -2.56. The number of piperazine rings is 1. The van der Waals surface area contributed by atoms with Crippen LogP contribution in [0.1, 0.15) is 154 Å². The highest BCUT2D eigenvalue weighted by Crippen LogP contribution is 2.43. The van der Waals surface area contributed by atoms with Crippen molar-refractivity contribution in [3.05, 3.63) is 47.7 Å². The summed E-state index contributed by atoms with van der Waals surface area (Å²) in [5.41, 5.74) is -0.237. The Hall–Kier alpha value is -5.25. The first-order valence-corrected chi connectivity index (χ1v) is 26.2. The van der Waals surface area contributed by atoms with Gasteiger partial charge in [0, 0.05) is 50.7 Å². The Morgan fingerprint density at radius 3 is 2.19 bits per heavy atom. The van der Waals surface area contributed by atoms with Gasteiger partial charge >= 0.3 is 24.0 Å². The maximum atomic E-state index is 17.6. The average molecular weight is 973 g/mol. The van der Waals surface area contributed by atoms with Crippen LogP contribution in [0.25, 0.3) is 32.9 Å². The van der Waals surface area contributed by atoms with Crippen LogP contribution < -0.4 is 14.4 Å². The Kier molecular flexibility index (Phi) is 17.4. The Morgan fingerprint density at radius 2 is 1.49 bits per heavy atom. The highest BCUT2D eigenvalue weighted by molar-refractivity contribution is 6.02. The molecule has 13 nitrogen and oxygen atoms in total. The lowest BCUT2D eigenvalue weighted by atomic mass is 9.95. The van der Waals surface area contributed by atoms with Crippen LogP contribution in [0.15, 0.2) is 30.5 Å². The average Bonchev–Trinajstić information content (AvgIpc) is 3.97. The van der Waals surface area contributed by atoms with E-state index in [0.29, 0.717) is 67.3 Å². The first kappa shape index (κ1) is 51.1. The molecule has 4 aliphatic heterocycles. The van der Waals surface area contributed by atoms with Gasteiger partial charge in [-0.15, -0.1) is 0 Å². The molecular formula is C54H71F3N6O7. The number of aryl methyl sites for hydroxylation is 1. The fourth-order valence-electron chi connectivity index (χ4n) is 11.3. The molecule has 6 heterocycles. The van der Waals surface area contributed by atoms with E-state index in [2.05, 4.69) is 28.7 Å². The van der Waals surface area contributed by atoms with Gasteiger partial charge in [-0.05, 0) is 86.5 Å². The van der Waals surface area contributed by atoms with E-state index in [4.69, 9.17) is 23.9 Å². The number of amides is 1. The molecule has 4 fully saturated rings. The molecule has 8 rings (SSSR count). The molecule has 380 valence electrons. The molecule has 70 heavy (non-hydrogen) atoms. The SMILES string of the molecule is CCCCCCCCCC(=O)OCOC(=O)N1C2CCC1CN(c1nc(OC[C@@]34CCCN3C[C@H](F)C4)nc3c(F)c(-c4cc(OC(=O)CCCCCCCCC)cc5ccc(F)c(C)c45)ncc13)C2. The summed E-state index contributed by atoms with van der Waals surface area (Å²) < 4.78 is 70.8. The van der Waals surface area contributed by atoms with Crippen LogP contribution in [0.3, 0.4) is 0 Å². The predicted molar refractivity (Wildman–Crippen MR) is 263 cm³/mol. The molecule has 2 aromatic heterocycles. The fourth-order valence-corrected chi connectivity index (χ4v) is 11.3. The lowest BCUT2D eigenvalue weighted by Gasteiger charge is -2.41. The summed E-state index contributed by atoms with van der Waals surface area (Å²) in [5.74, 6) is -1.56. The highest BCUT2D eigenvalue weighted by atomic mass is 19.1. The van der Waals surface area contributed by atoms with E-state index in [9.17, 15) is 18.8 Å². The molecule has 0 spiro atoms. The number of esters is 2. The number of aromatic nitrogens is 3. The van der Waals surface area contributed by atoms with Crippen molar-refractivity contribution in [2.24, 2.45) is 0 Å². The zero-order chi connectivity index (χ0) is 49.2. The Labute approximate surface area is 410 Å². The second-order valence-corrected chi connectivity index (χ2v) is 20.1. The first-order chi connectivity index (χ1) is 34.0. The van der Waals surface area contributed by atoms with Gasteiger partial charge in [0.1, 0.15) is 41.4 Å². The van der Waals surface area contributed by atoms with Crippen LogP contribution >= 0.6 is 0 Å². The number of alkyl halides is 1. The molecule has 2 aromatic carbocycles. The first-order valence-electron chi connectivity index (χ1n) is 26.2. The van der Waals surface area contributed by atoms with Gasteiger partial charge in [-0.25, -0.2) is 18.0 Å². The van der Waals surface area contributed by atoms with Crippen molar-refractivity contribution in [3.8, 4) is 23.0 Å². The Bertz CT molecular complexity index is 2460. The van der Waals surface area contributed by atoms with Crippen LogP contribution in [0.5, 0.6) is 11.8 Å². The summed E-state index contributed by atoms with van der Waals surface area (Å²) in [6, 6.07) is 5.44. The number of fused-ring (bicyclic) bond motifs is 5. The fraction of sp³-hybridized carbons (Fsp3) is 0.630. The molecule has 16 heteroatoms. The minimum atomic E-state index is -0.984. The van der Waals surface area contributed by atoms with Crippen LogP contribution in [0.4, 0.5) is 23.8 Å². The molecule has 0 saturated carbocycles. The molecule has 0 N–H and O–H groups in total. The third-order valence-corrected chi connectivity index (χ3v) is 15.0. The van der Waals surface area contributed by atoms with Crippen LogP contribution in [-0.4, -0.2) is 106 Å². The van der Waals surface area contributed by atoms with Crippen molar-refractivity contribution >= 4 is 45.5 Å².